The fraction of sp³-hybridized carbons (Fsp3) is 0.211. The van der Waals surface area contributed by atoms with Gasteiger partial charge in [0.1, 0.15) is 0 Å². The van der Waals surface area contributed by atoms with E-state index in [0.29, 0.717) is 11.3 Å². The van der Waals surface area contributed by atoms with E-state index in [9.17, 15) is 4.79 Å². The molecule has 0 amide bonds. The van der Waals surface area contributed by atoms with E-state index in [1.165, 1.54) is 5.56 Å². The van der Waals surface area contributed by atoms with Crippen molar-refractivity contribution < 1.29 is 4.79 Å². The van der Waals surface area contributed by atoms with Crippen molar-refractivity contribution in [3.05, 3.63) is 71.3 Å². The Morgan fingerprint density at radius 3 is 2.19 bits per heavy atom. The number of anilines is 1. The molecular weight excluding hydrogens is 258 g/mol. The van der Waals surface area contributed by atoms with Crippen LogP contribution in [0.2, 0.25) is 0 Å². The molecule has 0 aliphatic carbocycles. The van der Waals surface area contributed by atoms with Crippen LogP contribution in [-0.2, 0) is 5.41 Å². The van der Waals surface area contributed by atoms with Crippen LogP contribution in [0.25, 0.3) is 6.08 Å². The molecule has 0 bridgehead atoms. The summed E-state index contributed by atoms with van der Waals surface area (Å²) >= 11 is 0. The lowest BCUT2D eigenvalue weighted by Gasteiger charge is -2.18. The second kappa shape index (κ2) is 5.96. The normalized spacial score (nSPS) is 11.8. The van der Waals surface area contributed by atoms with Crippen LogP contribution in [-0.4, -0.2) is 5.78 Å². The summed E-state index contributed by atoms with van der Waals surface area (Å²) in [4.78, 5) is 12.1. The van der Waals surface area contributed by atoms with Gasteiger partial charge in [-0.1, -0.05) is 63.2 Å². The van der Waals surface area contributed by atoms with E-state index in [1.54, 1.807) is 18.2 Å². The topological polar surface area (TPSA) is 43.1 Å². The Hall–Kier alpha value is -2.35. The fourth-order valence-corrected chi connectivity index (χ4v) is 2.08. The van der Waals surface area contributed by atoms with Crippen molar-refractivity contribution in [2.75, 3.05) is 5.73 Å². The van der Waals surface area contributed by atoms with E-state index in [4.69, 9.17) is 5.73 Å². The molecule has 0 saturated heterocycles. The maximum absolute atomic E-state index is 12.1. The highest BCUT2D eigenvalue weighted by atomic mass is 16.1. The second-order valence-electron chi connectivity index (χ2n) is 6.16. The molecule has 0 fully saturated rings. The lowest BCUT2D eigenvalue weighted by Crippen LogP contribution is -2.10. The lowest BCUT2D eigenvalue weighted by atomic mass is 9.87. The van der Waals surface area contributed by atoms with Gasteiger partial charge in [0.2, 0.25) is 0 Å². The minimum atomic E-state index is -0.0759. The number of carbonyl (C=O) groups is 1. The zero-order chi connectivity index (χ0) is 15.5. The van der Waals surface area contributed by atoms with E-state index < -0.39 is 0 Å². The van der Waals surface area contributed by atoms with E-state index in [-0.39, 0.29) is 11.2 Å². The summed E-state index contributed by atoms with van der Waals surface area (Å²) in [6.07, 6.45) is 3.39. The molecule has 0 aromatic heterocycles. The average molecular weight is 279 g/mol. The SMILES string of the molecule is CC(C)(C)c1ccc(/C=C/C(=O)c2ccccc2N)cc1. The van der Waals surface area contributed by atoms with Crippen LogP contribution in [0, 0.1) is 0 Å². The van der Waals surface area contributed by atoms with Crippen molar-refractivity contribution >= 4 is 17.5 Å². The van der Waals surface area contributed by atoms with Gasteiger partial charge in [0.05, 0.1) is 0 Å². The molecule has 21 heavy (non-hydrogen) atoms. The molecule has 2 nitrogen and oxygen atoms in total. The van der Waals surface area contributed by atoms with Crippen LogP contribution in [0.15, 0.2) is 54.6 Å². The van der Waals surface area contributed by atoms with E-state index >= 15 is 0 Å². The van der Waals surface area contributed by atoms with Crippen LogP contribution in [0.1, 0.15) is 42.3 Å². The zero-order valence-corrected chi connectivity index (χ0v) is 12.8. The third kappa shape index (κ3) is 3.82. The van der Waals surface area contributed by atoms with E-state index in [1.807, 2.05) is 30.3 Å². The Kier molecular flexibility index (Phi) is 4.27. The first-order chi connectivity index (χ1) is 9.88. The number of carbonyl (C=O) groups excluding carboxylic acids is 1. The van der Waals surface area contributed by atoms with Crippen molar-refractivity contribution in [3.8, 4) is 0 Å². The number of hydrogen-bond donors (Lipinski definition) is 1. The molecule has 0 radical (unpaired) electrons. The summed E-state index contributed by atoms with van der Waals surface area (Å²) in [6, 6.07) is 15.4. The number of hydrogen-bond acceptors (Lipinski definition) is 2. The van der Waals surface area contributed by atoms with Gasteiger partial charge in [-0.3, -0.25) is 4.79 Å². The minimum Gasteiger partial charge on any atom is -0.398 e. The molecule has 2 N–H and O–H groups in total. The first-order valence-electron chi connectivity index (χ1n) is 7.05. The number of ketones is 1. The van der Waals surface area contributed by atoms with Gasteiger partial charge in [0, 0.05) is 11.3 Å². The van der Waals surface area contributed by atoms with Gasteiger partial charge >= 0.3 is 0 Å². The number of nitrogens with two attached hydrogens (primary N) is 1. The van der Waals surface area contributed by atoms with Gasteiger partial charge < -0.3 is 5.73 Å². The first kappa shape index (κ1) is 15.0. The highest BCUT2D eigenvalue weighted by molar-refractivity contribution is 6.10. The smallest absolute Gasteiger partial charge is 0.187 e. The van der Waals surface area contributed by atoms with Crippen LogP contribution in [0.4, 0.5) is 5.69 Å². The van der Waals surface area contributed by atoms with Crippen LogP contribution in [0.3, 0.4) is 0 Å². The number of rotatable bonds is 3. The Bertz CT molecular complexity index is 661. The molecule has 0 unspecified atom stereocenters. The van der Waals surface area contributed by atoms with Gasteiger partial charge in [-0.05, 0) is 34.8 Å². The first-order valence-corrected chi connectivity index (χ1v) is 7.05. The molecule has 0 aliphatic rings. The highest BCUT2D eigenvalue weighted by Crippen LogP contribution is 2.22. The molecule has 0 atom stereocenters. The fourth-order valence-electron chi connectivity index (χ4n) is 2.08. The number of benzene rings is 2. The van der Waals surface area contributed by atoms with Crippen molar-refractivity contribution in [1.29, 1.82) is 0 Å². The minimum absolute atomic E-state index is 0.0759. The van der Waals surface area contributed by atoms with Crippen molar-refractivity contribution in [1.82, 2.24) is 0 Å². The second-order valence-corrected chi connectivity index (χ2v) is 6.16. The average Bonchev–Trinajstić information content (AvgIpc) is 2.45. The van der Waals surface area contributed by atoms with Crippen LogP contribution >= 0.6 is 0 Å². The van der Waals surface area contributed by atoms with Crippen molar-refractivity contribution in [2.45, 2.75) is 26.2 Å². The molecule has 0 aliphatic heterocycles. The molecule has 2 rings (SSSR count). The van der Waals surface area contributed by atoms with Gasteiger partial charge in [0.25, 0.3) is 0 Å². The largest absolute Gasteiger partial charge is 0.398 e. The van der Waals surface area contributed by atoms with Crippen molar-refractivity contribution in [3.63, 3.8) is 0 Å². The number of allylic oxidation sites excluding steroid dienone is 1. The predicted octanol–water partition coefficient (Wildman–Crippen LogP) is 4.46. The van der Waals surface area contributed by atoms with Crippen molar-refractivity contribution in [2.24, 2.45) is 0 Å². The molecule has 108 valence electrons. The van der Waals surface area contributed by atoms with Crippen LogP contribution < -0.4 is 5.73 Å². The lowest BCUT2D eigenvalue weighted by molar-refractivity contribution is 0.104. The maximum Gasteiger partial charge on any atom is 0.187 e. The quantitative estimate of drug-likeness (QED) is 0.512. The Balaban J connectivity index is 2.15. The van der Waals surface area contributed by atoms with E-state index in [2.05, 4.69) is 32.9 Å². The van der Waals surface area contributed by atoms with Gasteiger partial charge in [-0.2, -0.15) is 0 Å². The monoisotopic (exact) mass is 279 g/mol. The predicted molar refractivity (Wildman–Crippen MR) is 89.4 cm³/mol. The number of nitrogen functional groups attached to an aromatic ring is 1. The summed E-state index contributed by atoms with van der Waals surface area (Å²) in [5, 5.41) is 0. The third-order valence-corrected chi connectivity index (χ3v) is 3.43. The maximum atomic E-state index is 12.1. The van der Waals surface area contributed by atoms with Gasteiger partial charge in [-0.25, -0.2) is 0 Å². The molecule has 2 aromatic carbocycles. The Morgan fingerprint density at radius 1 is 1.00 bits per heavy atom. The Morgan fingerprint density at radius 2 is 1.62 bits per heavy atom. The summed E-state index contributed by atoms with van der Waals surface area (Å²) in [5.41, 5.74) is 9.27. The Labute approximate surface area is 126 Å². The number of para-hydroxylation sites is 1. The molecule has 2 heteroatoms. The van der Waals surface area contributed by atoms with Gasteiger partial charge in [0.15, 0.2) is 5.78 Å². The zero-order valence-electron chi connectivity index (χ0n) is 12.8. The summed E-state index contributed by atoms with van der Waals surface area (Å²) in [5.74, 6) is -0.0759. The molecular formula is C19H21NO. The molecule has 2 aromatic rings. The molecule has 0 spiro atoms. The third-order valence-electron chi connectivity index (χ3n) is 3.43. The molecule has 0 saturated carbocycles. The highest BCUT2D eigenvalue weighted by Gasteiger charge is 2.12. The summed E-state index contributed by atoms with van der Waals surface area (Å²) < 4.78 is 0. The standard InChI is InChI=1S/C19H21NO/c1-19(2,3)15-11-8-14(9-12-15)10-13-18(21)16-6-4-5-7-17(16)20/h4-13H,20H2,1-3H3/b13-10+. The van der Waals surface area contributed by atoms with Crippen LogP contribution in [0.5, 0.6) is 0 Å². The van der Waals surface area contributed by atoms with Gasteiger partial charge in [-0.15, -0.1) is 0 Å². The molecule has 0 heterocycles. The summed E-state index contributed by atoms with van der Waals surface area (Å²) in [7, 11) is 0. The summed E-state index contributed by atoms with van der Waals surface area (Å²) in [6.45, 7) is 6.54. The van der Waals surface area contributed by atoms with E-state index in [0.717, 1.165) is 5.56 Å².